The SMILES string of the molecule is Cn1nc(C(C)(C)C)nc1-c1ccc(Cl)c(N)c1. The van der Waals surface area contributed by atoms with E-state index in [9.17, 15) is 0 Å². The maximum absolute atomic E-state index is 5.92. The highest BCUT2D eigenvalue weighted by atomic mass is 35.5. The van der Waals surface area contributed by atoms with Gasteiger partial charge in [0.25, 0.3) is 0 Å². The predicted molar refractivity (Wildman–Crippen MR) is 74.6 cm³/mol. The van der Waals surface area contributed by atoms with Gasteiger partial charge in [-0.1, -0.05) is 32.4 Å². The lowest BCUT2D eigenvalue weighted by molar-refractivity contribution is 0.538. The van der Waals surface area contributed by atoms with Crippen LogP contribution in [-0.4, -0.2) is 14.8 Å². The number of benzene rings is 1. The van der Waals surface area contributed by atoms with E-state index in [4.69, 9.17) is 17.3 Å². The minimum absolute atomic E-state index is 0.0754. The maximum Gasteiger partial charge on any atom is 0.158 e. The third kappa shape index (κ3) is 2.34. The number of rotatable bonds is 1. The van der Waals surface area contributed by atoms with Crippen LogP contribution in [0.4, 0.5) is 5.69 Å². The van der Waals surface area contributed by atoms with Gasteiger partial charge in [-0.3, -0.25) is 0 Å². The van der Waals surface area contributed by atoms with Crippen LogP contribution in [0, 0.1) is 0 Å². The van der Waals surface area contributed by atoms with Gasteiger partial charge in [0.15, 0.2) is 11.6 Å². The van der Waals surface area contributed by atoms with Crippen LogP contribution >= 0.6 is 11.6 Å². The molecule has 2 N–H and O–H groups in total. The molecule has 0 aliphatic carbocycles. The van der Waals surface area contributed by atoms with E-state index < -0.39 is 0 Å². The fraction of sp³-hybridized carbons (Fsp3) is 0.385. The van der Waals surface area contributed by atoms with Crippen LogP contribution < -0.4 is 5.73 Å². The van der Waals surface area contributed by atoms with E-state index in [0.29, 0.717) is 10.7 Å². The van der Waals surface area contributed by atoms with Gasteiger partial charge in [-0.15, -0.1) is 0 Å². The number of nitrogen functional groups attached to an aromatic ring is 1. The second-order valence-corrected chi connectivity index (χ2v) is 5.78. The predicted octanol–water partition coefficient (Wildman–Crippen LogP) is 3.02. The van der Waals surface area contributed by atoms with Gasteiger partial charge < -0.3 is 5.73 Å². The molecule has 0 saturated carbocycles. The zero-order valence-electron chi connectivity index (χ0n) is 11.0. The van der Waals surface area contributed by atoms with Crippen LogP contribution in [0.25, 0.3) is 11.4 Å². The van der Waals surface area contributed by atoms with Crippen molar-refractivity contribution in [2.75, 3.05) is 5.73 Å². The van der Waals surface area contributed by atoms with Crippen molar-refractivity contribution in [1.82, 2.24) is 14.8 Å². The van der Waals surface area contributed by atoms with Crippen LogP contribution in [-0.2, 0) is 12.5 Å². The molecular formula is C13H17ClN4. The third-order valence-corrected chi connectivity index (χ3v) is 3.03. The lowest BCUT2D eigenvalue weighted by atomic mass is 9.96. The molecule has 1 heterocycles. The van der Waals surface area contributed by atoms with Gasteiger partial charge in [0.2, 0.25) is 0 Å². The second-order valence-electron chi connectivity index (χ2n) is 5.37. The maximum atomic E-state index is 5.92. The van der Waals surface area contributed by atoms with Gasteiger partial charge in [0.1, 0.15) is 0 Å². The monoisotopic (exact) mass is 264 g/mol. The molecule has 0 saturated heterocycles. The number of nitrogens with zero attached hydrogens (tertiary/aromatic N) is 3. The van der Waals surface area contributed by atoms with Crippen molar-refractivity contribution in [3.63, 3.8) is 0 Å². The lowest BCUT2D eigenvalue weighted by Crippen LogP contribution is -2.13. The molecule has 0 unspecified atom stereocenters. The first-order valence-electron chi connectivity index (χ1n) is 5.76. The average molecular weight is 265 g/mol. The van der Waals surface area contributed by atoms with Crippen molar-refractivity contribution in [3.05, 3.63) is 29.0 Å². The molecule has 0 atom stereocenters. The molecule has 0 amide bonds. The number of hydrogen-bond donors (Lipinski definition) is 1. The summed E-state index contributed by atoms with van der Waals surface area (Å²) in [4.78, 5) is 4.58. The van der Waals surface area contributed by atoms with E-state index in [2.05, 4.69) is 30.9 Å². The minimum Gasteiger partial charge on any atom is -0.398 e. The van der Waals surface area contributed by atoms with Crippen LogP contribution in [0.2, 0.25) is 5.02 Å². The molecule has 2 aromatic rings. The van der Waals surface area contributed by atoms with E-state index in [1.54, 1.807) is 10.7 Å². The Hall–Kier alpha value is -1.55. The molecule has 0 bridgehead atoms. The van der Waals surface area contributed by atoms with Crippen LogP contribution in [0.3, 0.4) is 0 Å². The number of aryl methyl sites for hydroxylation is 1. The summed E-state index contributed by atoms with van der Waals surface area (Å²) in [5.74, 6) is 1.61. The average Bonchev–Trinajstić information content (AvgIpc) is 2.64. The summed E-state index contributed by atoms with van der Waals surface area (Å²) >= 11 is 5.92. The fourth-order valence-corrected chi connectivity index (χ4v) is 1.75. The molecule has 0 fully saturated rings. The van der Waals surface area contributed by atoms with Crippen molar-refractivity contribution in [2.45, 2.75) is 26.2 Å². The topological polar surface area (TPSA) is 56.7 Å². The Labute approximate surface area is 112 Å². The molecule has 1 aromatic heterocycles. The highest BCUT2D eigenvalue weighted by Crippen LogP contribution is 2.27. The Morgan fingerprint density at radius 3 is 2.44 bits per heavy atom. The Bertz CT molecular complexity index is 581. The standard InChI is InChI=1S/C13H17ClN4/c1-13(2,3)12-16-11(18(4)17-12)8-5-6-9(14)10(15)7-8/h5-7H,15H2,1-4H3. The van der Waals surface area contributed by atoms with Crippen molar-refractivity contribution < 1.29 is 0 Å². The highest BCUT2D eigenvalue weighted by molar-refractivity contribution is 6.33. The van der Waals surface area contributed by atoms with E-state index in [-0.39, 0.29) is 5.41 Å². The molecule has 1 aromatic carbocycles. The van der Waals surface area contributed by atoms with Gasteiger partial charge in [-0.25, -0.2) is 9.67 Å². The van der Waals surface area contributed by atoms with Gasteiger partial charge in [-0.05, 0) is 18.2 Å². The first-order chi connectivity index (χ1) is 8.29. The third-order valence-electron chi connectivity index (χ3n) is 2.69. The molecule has 0 aliphatic rings. The molecule has 18 heavy (non-hydrogen) atoms. The molecule has 0 aliphatic heterocycles. The summed E-state index contributed by atoms with van der Waals surface area (Å²) in [6, 6.07) is 5.49. The van der Waals surface area contributed by atoms with Gasteiger partial charge >= 0.3 is 0 Å². The molecule has 5 heteroatoms. The Morgan fingerprint density at radius 2 is 1.94 bits per heavy atom. The van der Waals surface area contributed by atoms with Crippen molar-refractivity contribution >= 4 is 17.3 Å². The molecular weight excluding hydrogens is 248 g/mol. The number of halogens is 1. The Kier molecular flexibility index (Phi) is 3.07. The van der Waals surface area contributed by atoms with E-state index >= 15 is 0 Å². The fourth-order valence-electron chi connectivity index (χ4n) is 1.64. The minimum atomic E-state index is -0.0754. The molecule has 4 nitrogen and oxygen atoms in total. The molecule has 0 radical (unpaired) electrons. The lowest BCUT2D eigenvalue weighted by Gasteiger charge is -2.12. The Morgan fingerprint density at radius 1 is 1.28 bits per heavy atom. The van der Waals surface area contributed by atoms with Gasteiger partial charge in [0.05, 0.1) is 10.7 Å². The molecule has 0 spiro atoms. The Balaban J connectivity index is 2.51. The summed E-state index contributed by atoms with van der Waals surface area (Å²) in [6.45, 7) is 6.26. The highest BCUT2D eigenvalue weighted by Gasteiger charge is 2.21. The van der Waals surface area contributed by atoms with Crippen LogP contribution in [0.5, 0.6) is 0 Å². The summed E-state index contributed by atoms with van der Waals surface area (Å²) < 4.78 is 1.77. The first kappa shape index (κ1) is 12.9. The molecule has 96 valence electrons. The summed E-state index contributed by atoms with van der Waals surface area (Å²) in [5.41, 5.74) is 7.21. The number of aromatic nitrogens is 3. The number of hydrogen-bond acceptors (Lipinski definition) is 3. The quantitative estimate of drug-likeness (QED) is 0.806. The van der Waals surface area contributed by atoms with Gasteiger partial charge in [0, 0.05) is 18.0 Å². The van der Waals surface area contributed by atoms with Gasteiger partial charge in [-0.2, -0.15) is 5.10 Å². The summed E-state index contributed by atoms with van der Waals surface area (Å²) in [7, 11) is 1.88. The summed E-state index contributed by atoms with van der Waals surface area (Å²) in [5, 5.41) is 4.99. The van der Waals surface area contributed by atoms with Crippen LogP contribution in [0.1, 0.15) is 26.6 Å². The number of anilines is 1. The van der Waals surface area contributed by atoms with E-state index in [0.717, 1.165) is 17.2 Å². The smallest absolute Gasteiger partial charge is 0.158 e. The van der Waals surface area contributed by atoms with Crippen molar-refractivity contribution in [2.24, 2.45) is 7.05 Å². The zero-order chi connectivity index (χ0) is 13.5. The normalized spacial score (nSPS) is 11.8. The van der Waals surface area contributed by atoms with Crippen molar-refractivity contribution in [3.8, 4) is 11.4 Å². The zero-order valence-corrected chi connectivity index (χ0v) is 11.8. The van der Waals surface area contributed by atoms with E-state index in [1.165, 1.54) is 0 Å². The summed E-state index contributed by atoms with van der Waals surface area (Å²) in [6.07, 6.45) is 0. The number of nitrogens with two attached hydrogens (primary N) is 1. The molecule has 2 rings (SSSR count). The van der Waals surface area contributed by atoms with Crippen molar-refractivity contribution in [1.29, 1.82) is 0 Å². The first-order valence-corrected chi connectivity index (χ1v) is 6.14. The largest absolute Gasteiger partial charge is 0.398 e. The van der Waals surface area contributed by atoms with E-state index in [1.807, 2.05) is 19.2 Å². The van der Waals surface area contributed by atoms with Crippen LogP contribution in [0.15, 0.2) is 18.2 Å². The second kappa shape index (κ2) is 4.28.